The highest BCUT2D eigenvalue weighted by molar-refractivity contribution is 9.10. The molecule has 0 amide bonds. The first-order chi connectivity index (χ1) is 12.2. The van der Waals surface area contributed by atoms with E-state index < -0.39 is 0 Å². The van der Waals surface area contributed by atoms with E-state index in [0.717, 1.165) is 15.7 Å². The van der Waals surface area contributed by atoms with Crippen LogP contribution in [-0.2, 0) is 0 Å². The Morgan fingerprint density at radius 2 is 1.76 bits per heavy atom. The number of ketones is 1. The maximum absolute atomic E-state index is 12.3. The van der Waals surface area contributed by atoms with Gasteiger partial charge in [-0.3, -0.25) is 4.79 Å². The van der Waals surface area contributed by atoms with E-state index in [9.17, 15) is 10.1 Å². The Bertz CT molecular complexity index is 934. The zero-order valence-corrected chi connectivity index (χ0v) is 15.5. The van der Waals surface area contributed by atoms with Gasteiger partial charge in [-0.15, -0.1) is 0 Å². The van der Waals surface area contributed by atoms with E-state index in [1.165, 1.54) is 11.8 Å². The van der Waals surface area contributed by atoms with E-state index >= 15 is 0 Å². The van der Waals surface area contributed by atoms with Gasteiger partial charge in [-0.05, 0) is 24.3 Å². The number of nitrogens with zero attached hydrogens (tertiary/aromatic N) is 2. The van der Waals surface area contributed by atoms with Gasteiger partial charge in [0.15, 0.2) is 5.78 Å². The first-order valence-corrected chi connectivity index (χ1v) is 9.33. The maximum atomic E-state index is 12.3. The van der Waals surface area contributed by atoms with Crippen molar-refractivity contribution >= 4 is 33.5 Å². The van der Waals surface area contributed by atoms with Gasteiger partial charge in [0.05, 0.1) is 17.0 Å². The molecule has 0 unspecified atom stereocenters. The number of benzene rings is 2. The van der Waals surface area contributed by atoms with Crippen LogP contribution in [-0.4, -0.2) is 16.5 Å². The second-order valence-corrected chi connectivity index (χ2v) is 7.13. The molecule has 25 heavy (non-hydrogen) atoms. The van der Waals surface area contributed by atoms with E-state index in [4.69, 9.17) is 0 Å². The van der Waals surface area contributed by atoms with Gasteiger partial charge >= 0.3 is 0 Å². The fraction of sp³-hybridized carbons (Fsp3) is 0.0500. The molecule has 0 fully saturated rings. The van der Waals surface area contributed by atoms with Crippen LogP contribution in [0.1, 0.15) is 15.9 Å². The van der Waals surface area contributed by atoms with Crippen molar-refractivity contribution in [1.82, 2.24) is 4.98 Å². The molecular weight excluding hydrogens is 396 g/mol. The lowest BCUT2D eigenvalue weighted by Gasteiger charge is -2.07. The number of thioether (sulfide) groups is 1. The van der Waals surface area contributed by atoms with Crippen molar-refractivity contribution in [2.24, 2.45) is 0 Å². The first-order valence-electron chi connectivity index (χ1n) is 7.55. The zero-order chi connectivity index (χ0) is 17.6. The number of hydrogen-bond donors (Lipinski definition) is 0. The fourth-order valence-electron chi connectivity index (χ4n) is 2.26. The third-order valence-corrected chi connectivity index (χ3v) is 5.08. The number of nitriles is 1. The van der Waals surface area contributed by atoms with Gasteiger partial charge in [-0.1, -0.05) is 70.2 Å². The van der Waals surface area contributed by atoms with Gasteiger partial charge in [-0.2, -0.15) is 5.26 Å². The van der Waals surface area contributed by atoms with E-state index in [1.54, 1.807) is 18.2 Å². The summed E-state index contributed by atoms with van der Waals surface area (Å²) in [7, 11) is 0. The summed E-state index contributed by atoms with van der Waals surface area (Å²) in [4.78, 5) is 16.9. The zero-order valence-electron chi connectivity index (χ0n) is 13.1. The molecule has 0 atom stereocenters. The second-order valence-electron chi connectivity index (χ2n) is 5.25. The lowest BCUT2D eigenvalue weighted by molar-refractivity contribution is 0.102. The number of Topliss-reactive ketones (excluding diaryl/α,β-unsaturated/α-hetero) is 1. The minimum atomic E-state index is 0.00769. The quantitative estimate of drug-likeness (QED) is 0.421. The summed E-state index contributed by atoms with van der Waals surface area (Å²) >= 11 is 4.65. The van der Waals surface area contributed by atoms with E-state index in [-0.39, 0.29) is 11.5 Å². The van der Waals surface area contributed by atoms with Crippen molar-refractivity contribution in [1.29, 1.82) is 5.26 Å². The summed E-state index contributed by atoms with van der Waals surface area (Å²) < 4.78 is 0.931. The molecule has 0 aliphatic carbocycles. The third kappa shape index (κ3) is 4.36. The number of rotatable bonds is 5. The second kappa shape index (κ2) is 8.11. The van der Waals surface area contributed by atoms with Crippen LogP contribution in [0.15, 0.2) is 76.2 Å². The summed E-state index contributed by atoms with van der Waals surface area (Å²) in [6.07, 6.45) is 0. The van der Waals surface area contributed by atoms with Crippen LogP contribution in [0.25, 0.3) is 11.3 Å². The minimum absolute atomic E-state index is 0.00769. The number of carbonyl (C=O) groups excluding carboxylic acids is 1. The lowest BCUT2D eigenvalue weighted by Crippen LogP contribution is -2.03. The van der Waals surface area contributed by atoms with Crippen molar-refractivity contribution < 1.29 is 4.79 Å². The van der Waals surface area contributed by atoms with Crippen LogP contribution in [0.5, 0.6) is 0 Å². The van der Waals surface area contributed by atoms with Gasteiger partial charge in [-0.25, -0.2) is 4.98 Å². The summed E-state index contributed by atoms with van der Waals surface area (Å²) in [5.74, 6) is 0.245. The van der Waals surface area contributed by atoms with Crippen LogP contribution in [0.3, 0.4) is 0 Å². The van der Waals surface area contributed by atoms with Crippen LogP contribution in [0.2, 0.25) is 0 Å². The molecule has 122 valence electrons. The molecule has 3 aromatic rings. The molecule has 3 rings (SSSR count). The molecule has 5 heteroatoms. The average Bonchev–Trinajstić information content (AvgIpc) is 2.67. The molecule has 0 bridgehead atoms. The molecular formula is C20H13BrN2OS. The molecule has 3 nitrogen and oxygen atoms in total. The third-order valence-electron chi connectivity index (χ3n) is 3.56. The lowest BCUT2D eigenvalue weighted by atomic mass is 10.1. The number of aromatic nitrogens is 1. The predicted molar refractivity (Wildman–Crippen MR) is 104 cm³/mol. The van der Waals surface area contributed by atoms with Crippen molar-refractivity contribution in [2.75, 3.05) is 5.75 Å². The summed E-state index contributed by atoms with van der Waals surface area (Å²) in [6, 6.07) is 22.7. The molecule has 0 spiro atoms. The van der Waals surface area contributed by atoms with Crippen LogP contribution in [0.4, 0.5) is 0 Å². The molecule has 2 aromatic carbocycles. The van der Waals surface area contributed by atoms with Crippen molar-refractivity contribution in [3.05, 3.63) is 82.3 Å². The number of carbonyl (C=O) groups is 1. The standard InChI is InChI=1S/C20H13BrN2OS/c21-17-9-6-15(7-10-17)19(24)13-25-20-16(12-22)8-11-18(23-20)14-4-2-1-3-5-14/h1-11H,13H2. The summed E-state index contributed by atoms with van der Waals surface area (Å²) in [5.41, 5.74) is 2.90. The topological polar surface area (TPSA) is 53.8 Å². The number of pyridine rings is 1. The van der Waals surface area contributed by atoms with Gasteiger partial charge in [0, 0.05) is 15.6 Å². The van der Waals surface area contributed by atoms with Crippen LogP contribution >= 0.6 is 27.7 Å². The molecule has 0 aliphatic heterocycles. The highest BCUT2D eigenvalue weighted by Gasteiger charge is 2.12. The van der Waals surface area contributed by atoms with Crippen LogP contribution in [0, 0.1) is 11.3 Å². The Hall–Kier alpha value is -2.42. The average molecular weight is 409 g/mol. The Morgan fingerprint density at radius 1 is 1.04 bits per heavy atom. The molecule has 1 aromatic heterocycles. The molecule has 1 heterocycles. The molecule has 0 saturated heterocycles. The van der Waals surface area contributed by atoms with Crippen molar-refractivity contribution in [3.63, 3.8) is 0 Å². The van der Waals surface area contributed by atoms with Gasteiger partial charge in [0.2, 0.25) is 0 Å². The normalized spacial score (nSPS) is 10.2. The largest absolute Gasteiger partial charge is 0.293 e. The van der Waals surface area contributed by atoms with E-state index in [0.29, 0.717) is 16.2 Å². The first kappa shape index (κ1) is 17.4. The Balaban J connectivity index is 1.80. The molecule has 0 aliphatic rings. The van der Waals surface area contributed by atoms with Gasteiger partial charge in [0.25, 0.3) is 0 Å². The number of halogens is 1. The smallest absolute Gasteiger partial charge is 0.173 e. The Morgan fingerprint density at radius 3 is 2.44 bits per heavy atom. The fourth-order valence-corrected chi connectivity index (χ4v) is 3.39. The highest BCUT2D eigenvalue weighted by atomic mass is 79.9. The number of hydrogen-bond acceptors (Lipinski definition) is 4. The van der Waals surface area contributed by atoms with Crippen molar-refractivity contribution in [3.8, 4) is 17.3 Å². The predicted octanol–water partition coefficient (Wildman–Crippen LogP) is 5.36. The molecule has 0 N–H and O–H groups in total. The summed E-state index contributed by atoms with van der Waals surface area (Å²) in [5, 5.41) is 9.88. The van der Waals surface area contributed by atoms with Crippen LogP contribution < -0.4 is 0 Å². The molecule has 0 saturated carbocycles. The SMILES string of the molecule is N#Cc1ccc(-c2ccccc2)nc1SCC(=O)c1ccc(Br)cc1. The highest BCUT2D eigenvalue weighted by Crippen LogP contribution is 2.26. The maximum Gasteiger partial charge on any atom is 0.173 e. The van der Waals surface area contributed by atoms with Gasteiger partial charge in [0.1, 0.15) is 11.1 Å². The summed E-state index contributed by atoms with van der Waals surface area (Å²) in [6.45, 7) is 0. The Labute approximate surface area is 158 Å². The monoisotopic (exact) mass is 408 g/mol. The van der Waals surface area contributed by atoms with Crippen molar-refractivity contribution in [2.45, 2.75) is 5.03 Å². The Kier molecular flexibility index (Phi) is 5.64. The van der Waals surface area contributed by atoms with Gasteiger partial charge < -0.3 is 0 Å². The molecule has 0 radical (unpaired) electrons. The minimum Gasteiger partial charge on any atom is -0.293 e. The van der Waals surface area contributed by atoms with E-state index in [2.05, 4.69) is 27.0 Å². The van der Waals surface area contributed by atoms with E-state index in [1.807, 2.05) is 48.5 Å².